The van der Waals surface area contributed by atoms with Gasteiger partial charge in [0.1, 0.15) is 5.75 Å². The number of nitrogens with zero attached hydrogens (tertiary/aromatic N) is 1. The molecule has 4 heteroatoms. The molecule has 3 rings (SSSR count). The van der Waals surface area contributed by atoms with Crippen LogP contribution < -0.4 is 15.0 Å². The van der Waals surface area contributed by atoms with Gasteiger partial charge in [0.05, 0.1) is 12.3 Å². The van der Waals surface area contributed by atoms with E-state index in [-0.39, 0.29) is 5.91 Å². The van der Waals surface area contributed by atoms with Gasteiger partial charge in [-0.15, -0.1) is 0 Å². The molecule has 1 amide bonds. The summed E-state index contributed by atoms with van der Waals surface area (Å²) in [5.41, 5.74) is 3.26. The lowest BCUT2D eigenvalue weighted by atomic mass is 10.2. The van der Waals surface area contributed by atoms with E-state index in [4.69, 9.17) is 4.74 Å². The predicted octanol–water partition coefficient (Wildman–Crippen LogP) is 3.48. The molecule has 2 aromatic rings. The highest BCUT2D eigenvalue weighted by molar-refractivity contribution is 5.95. The molecule has 0 radical (unpaired) electrons. The second kappa shape index (κ2) is 7.18. The summed E-state index contributed by atoms with van der Waals surface area (Å²) in [7, 11) is 0. The van der Waals surface area contributed by atoms with Gasteiger partial charge in [-0.25, -0.2) is 0 Å². The lowest BCUT2D eigenvalue weighted by Crippen LogP contribution is -2.30. The van der Waals surface area contributed by atoms with Crippen LogP contribution in [0.5, 0.6) is 5.75 Å². The fourth-order valence-electron chi connectivity index (χ4n) is 2.93. The van der Waals surface area contributed by atoms with Crippen molar-refractivity contribution in [3.8, 4) is 5.75 Å². The third-order valence-corrected chi connectivity index (χ3v) is 4.03. The Balaban J connectivity index is 1.57. The molecule has 1 aliphatic rings. The number of ether oxygens (including phenoxy) is 1. The summed E-state index contributed by atoms with van der Waals surface area (Å²) in [4.78, 5) is 14.4. The van der Waals surface area contributed by atoms with Crippen molar-refractivity contribution in [2.75, 3.05) is 29.9 Å². The fourth-order valence-corrected chi connectivity index (χ4v) is 2.93. The number of benzene rings is 2. The Bertz CT molecular complexity index is 685. The van der Waals surface area contributed by atoms with E-state index in [1.807, 2.05) is 54.3 Å². The third kappa shape index (κ3) is 3.47. The second-order valence-electron chi connectivity index (χ2n) is 5.53. The van der Waals surface area contributed by atoms with E-state index in [0.717, 1.165) is 30.1 Å². The summed E-state index contributed by atoms with van der Waals surface area (Å²) >= 11 is 0. The van der Waals surface area contributed by atoms with Gasteiger partial charge in [0.2, 0.25) is 5.91 Å². The maximum Gasteiger partial charge on any atom is 0.228 e. The summed E-state index contributed by atoms with van der Waals surface area (Å²) in [6.07, 6.45) is 1.41. The normalized spacial score (nSPS) is 12.8. The van der Waals surface area contributed by atoms with E-state index in [9.17, 15) is 4.79 Å². The first-order chi connectivity index (χ1) is 11.3. The molecule has 23 heavy (non-hydrogen) atoms. The Morgan fingerprint density at radius 3 is 2.83 bits per heavy atom. The van der Waals surface area contributed by atoms with Crippen LogP contribution in [0.15, 0.2) is 48.5 Å². The molecule has 0 aliphatic carbocycles. The molecule has 1 N–H and O–H groups in total. The predicted molar refractivity (Wildman–Crippen MR) is 93.2 cm³/mol. The maximum atomic E-state index is 12.5. The first-order valence-electron chi connectivity index (χ1n) is 8.13. The number of hydrogen-bond donors (Lipinski definition) is 1. The molecular formula is C19H22N2O2. The molecule has 2 aromatic carbocycles. The van der Waals surface area contributed by atoms with Crippen LogP contribution in [0.2, 0.25) is 0 Å². The first-order valence-corrected chi connectivity index (χ1v) is 8.13. The van der Waals surface area contributed by atoms with Crippen LogP contribution in [0.4, 0.5) is 11.4 Å². The summed E-state index contributed by atoms with van der Waals surface area (Å²) in [5.74, 6) is 0.991. The zero-order valence-corrected chi connectivity index (χ0v) is 13.4. The van der Waals surface area contributed by atoms with Crippen LogP contribution in [-0.2, 0) is 11.2 Å². The topological polar surface area (TPSA) is 41.6 Å². The van der Waals surface area contributed by atoms with Gasteiger partial charge in [-0.1, -0.05) is 30.3 Å². The van der Waals surface area contributed by atoms with Crippen LogP contribution >= 0.6 is 0 Å². The molecule has 1 aliphatic heterocycles. The fraction of sp³-hybridized carbons (Fsp3) is 0.316. The first kappa shape index (κ1) is 15.4. The third-order valence-electron chi connectivity index (χ3n) is 4.03. The number of para-hydroxylation sites is 3. The van der Waals surface area contributed by atoms with Crippen LogP contribution in [0.3, 0.4) is 0 Å². The van der Waals surface area contributed by atoms with Gasteiger partial charge in [0.15, 0.2) is 0 Å². The van der Waals surface area contributed by atoms with E-state index in [1.165, 1.54) is 5.56 Å². The minimum atomic E-state index is 0.163. The molecule has 1 heterocycles. The number of fused-ring (bicyclic) bond motifs is 1. The van der Waals surface area contributed by atoms with Gasteiger partial charge in [0, 0.05) is 25.2 Å². The van der Waals surface area contributed by atoms with Gasteiger partial charge in [-0.05, 0) is 37.1 Å². The van der Waals surface area contributed by atoms with E-state index < -0.39 is 0 Å². The highest BCUT2D eigenvalue weighted by Gasteiger charge is 2.23. The Morgan fingerprint density at radius 1 is 1.17 bits per heavy atom. The second-order valence-corrected chi connectivity index (χ2v) is 5.53. The van der Waals surface area contributed by atoms with E-state index in [2.05, 4.69) is 11.4 Å². The Labute approximate surface area is 137 Å². The summed E-state index contributed by atoms with van der Waals surface area (Å²) in [6, 6.07) is 16.0. The highest BCUT2D eigenvalue weighted by Crippen LogP contribution is 2.28. The molecule has 0 bridgehead atoms. The zero-order chi connectivity index (χ0) is 16.1. The number of carbonyl (C=O) groups excluding carboxylic acids is 1. The van der Waals surface area contributed by atoms with Crippen molar-refractivity contribution in [2.24, 2.45) is 0 Å². The van der Waals surface area contributed by atoms with Gasteiger partial charge in [-0.2, -0.15) is 0 Å². The van der Waals surface area contributed by atoms with Crippen molar-refractivity contribution in [3.05, 3.63) is 54.1 Å². The quantitative estimate of drug-likeness (QED) is 0.888. The Hall–Kier alpha value is -2.49. The molecule has 0 atom stereocenters. The molecule has 120 valence electrons. The van der Waals surface area contributed by atoms with Crippen molar-refractivity contribution in [3.63, 3.8) is 0 Å². The zero-order valence-electron chi connectivity index (χ0n) is 13.4. The van der Waals surface area contributed by atoms with Gasteiger partial charge in [0.25, 0.3) is 0 Å². The number of rotatable bonds is 6. The number of carbonyl (C=O) groups is 1. The molecule has 0 spiro atoms. The molecular weight excluding hydrogens is 288 g/mol. The van der Waals surface area contributed by atoms with Gasteiger partial charge in [-0.3, -0.25) is 4.79 Å². The lowest BCUT2D eigenvalue weighted by molar-refractivity contribution is -0.118. The smallest absolute Gasteiger partial charge is 0.228 e. The largest absolute Gasteiger partial charge is 0.492 e. The van der Waals surface area contributed by atoms with Crippen molar-refractivity contribution in [2.45, 2.75) is 19.8 Å². The number of amides is 1. The standard InChI is InChI=1S/C19H22N2O2/c1-2-23-18-10-6-4-8-16(18)20-13-11-19(22)21-14-12-15-7-3-5-9-17(15)21/h3-10,20H,2,11-14H2,1H3. The number of hydrogen-bond acceptors (Lipinski definition) is 3. The Morgan fingerprint density at radius 2 is 1.96 bits per heavy atom. The van der Waals surface area contributed by atoms with E-state index in [1.54, 1.807) is 0 Å². The van der Waals surface area contributed by atoms with Crippen LogP contribution in [0.1, 0.15) is 18.9 Å². The minimum Gasteiger partial charge on any atom is -0.492 e. The molecule has 0 fully saturated rings. The van der Waals surface area contributed by atoms with Crippen LogP contribution in [-0.4, -0.2) is 25.6 Å². The van der Waals surface area contributed by atoms with Gasteiger partial charge >= 0.3 is 0 Å². The monoisotopic (exact) mass is 310 g/mol. The minimum absolute atomic E-state index is 0.163. The van der Waals surface area contributed by atoms with Crippen molar-refractivity contribution in [1.82, 2.24) is 0 Å². The summed E-state index contributed by atoms with van der Waals surface area (Å²) < 4.78 is 5.58. The maximum absolute atomic E-state index is 12.5. The Kier molecular flexibility index (Phi) is 4.81. The average Bonchev–Trinajstić information content (AvgIpc) is 3.01. The van der Waals surface area contributed by atoms with E-state index >= 15 is 0 Å². The van der Waals surface area contributed by atoms with Crippen molar-refractivity contribution in [1.29, 1.82) is 0 Å². The van der Waals surface area contributed by atoms with Gasteiger partial charge < -0.3 is 15.0 Å². The summed E-state index contributed by atoms with van der Waals surface area (Å²) in [5, 5.41) is 3.30. The van der Waals surface area contributed by atoms with E-state index in [0.29, 0.717) is 19.6 Å². The van der Waals surface area contributed by atoms with Crippen molar-refractivity contribution < 1.29 is 9.53 Å². The molecule has 0 saturated heterocycles. The number of anilines is 2. The SMILES string of the molecule is CCOc1ccccc1NCCC(=O)N1CCc2ccccc21. The molecule has 4 nitrogen and oxygen atoms in total. The number of nitrogens with one attached hydrogen (secondary N) is 1. The molecule has 0 saturated carbocycles. The molecule has 0 aromatic heterocycles. The molecule has 0 unspecified atom stereocenters. The van der Waals surface area contributed by atoms with Crippen molar-refractivity contribution >= 4 is 17.3 Å². The van der Waals surface area contributed by atoms with Crippen LogP contribution in [0.25, 0.3) is 0 Å². The summed E-state index contributed by atoms with van der Waals surface area (Å²) in [6.45, 7) is 3.97. The average molecular weight is 310 g/mol. The van der Waals surface area contributed by atoms with Crippen LogP contribution in [0, 0.1) is 0 Å². The lowest BCUT2D eigenvalue weighted by Gasteiger charge is -2.18. The highest BCUT2D eigenvalue weighted by atomic mass is 16.5.